The van der Waals surface area contributed by atoms with Gasteiger partial charge < -0.3 is 20.1 Å². The topological polar surface area (TPSA) is 71.0 Å². The van der Waals surface area contributed by atoms with Crippen LogP contribution in [0.3, 0.4) is 0 Å². The van der Waals surface area contributed by atoms with Gasteiger partial charge in [0.2, 0.25) is 0 Å². The van der Waals surface area contributed by atoms with Gasteiger partial charge in [-0.3, -0.25) is 9.89 Å². The molecule has 27 heavy (non-hydrogen) atoms. The van der Waals surface area contributed by atoms with E-state index in [4.69, 9.17) is 9.47 Å². The quantitative estimate of drug-likeness (QED) is 0.338. The van der Waals surface area contributed by atoms with Crippen molar-refractivity contribution in [1.82, 2.24) is 20.5 Å². The number of aromatic nitrogens is 1. The molecule has 0 saturated carbocycles. The van der Waals surface area contributed by atoms with E-state index in [1.807, 2.05) is 7.05 Å². The van der Waals surface area contributed by atoms with Crippen LogP contribution in [0.1, 0.15) is 30.0 Å². The Morgan fingerprint density at radius 3 is 2.78 bits per heavy atom. The molecule has 0 aliphatic carbocycles. The average Bonchev–Trinajstić information content (AvgIpc) is 3.09. The minimum Gasteiger partial charge on any atom is -0.382 e. The lowest BCUT2D eigenvalue weighted by Crippen LogP contribution is -2.43. The summed E-state index contributed by atoms with van der Waals surface area (Å²) in [7, 11) is 3.51. The van der Waals surface area contributed by atoms with E-state index >= 15 is 0 Å². The van der Waals surface area contributed by atoms with Crippen molar-refractivity contribution in [2.45, 2.75) is 32.7 Å². The summed E-state index contributed by atoms with van der Waals surface area (Å²) >= 11 is 1.74. The van der Waals surface area contributed by atoms with E-state index in [0.717, 1.165) is 56.7 Å². The predicted molar refractivity (Wildman–Crippen MR) is 112 cm³/mol. The number of hydrogen-bond donors (Lipinski definition) is 2. The van der Waals surface area contributed by atoms with Crippen molar-refractivity contribution in [3.63, 3.8) is 0 Å². The summed E-state index contributed by atoms with van der Waals surface area (Å²) in [6, 6.07) is 0. The molecule has 0 atom stereocenters. The minimum absolute atomic E-state index is 0.652. The van der Waals surface area contributed by atoms with E-state index in [-0.39, 0.29) is 0 Å². The number of ether oxygens (including phenoxy) is 2. The lowest BCUT2D eigenvalue weighted by atomic mass is 9.97. The number of guanidine groups is 1. The largest absolute Gasteiger partial charge is 0.382 e. The lowest BCUT2D eigenvalue weighted by Gasteiger charge is -2.31. The molecule has 7 nitrogen and oxygen atoms in total. The summed E-state index contributed by atoms with van der Waals surface area (Å²) in [5.74, 6) is 1.58. The molecule has 1 fully saturated rings. The number of methoxy groups -OCH3 is 1. The van der Waals surface area contributed by atoms with Crippen molar-refractivity contribution in [2.24, 2.45) is 10.9 Å². The second-order valence-electron chi connectivity index (χ2n) is 6.92. The number of rotatable bonds is 11. The first-order valence-corrected chi connectivity index (χ1v) is 10.7. The third-order valence-electron chi connectivity index (χ3n) is 4.73. The summed E-state index contributed by atoms with van der Waals surface area (Å²) in [5, 5.41) is 10.2. The van der Waals surface area contributed by atoms with Crippen LogP contribution in [-0.2, 0) is 16.0 Å². The van der Waals surface area contributed by atoms with Crippen molar-refractivity contribution in [2.75, 3.05) is 60.2 Å². The summed E-state index contributed by atoms with van der Waals surface area (Å²) in [6.45, 7) is 9.24. The highest BCUT2D eigenvalue weighted by Crippen LogP contribution is 2.19. The Morgan fingerprint density at radius 1 is 1.30 bits per heavy atom. The van der Waals surface area contributed by atoms with Crippen molar-refractivity contribution < 1.29 is 9.47 Å². The zero-order valence-corrected chi connectivity index (χ0v) is 17.8. The molecule has 1 aromatic heterocycles. The molecule has 8 heteroatoms. The number of nitrogens with zero attached hydrogens (tertiary/aromatic N) is 3. The van der Waals surface area contributed by atoms with Gasteiger partial charge in [0.15, 0.2) is 5.96 Å². The smallest absolute Gasteiger partial charge is 0.190 e. The zero-order chi connectivity index (χ0) is 19.3. The SMILES string of the molecule is CN=C(NCCCOCCOC)NCC1CCN(Cc2csc(C)n2)CC1. The normalized spacial score (nSPS) is 16.6. The number of thiazole rings is 1. The summed E-state index contributed by atoms with van der Waals surface area (Å²) < 4.78 is 10.4. The molecule has 2 rings (SSSR count). The van der Waals surface area contributed by atoms with Gasteiger partial charge in [0, 0.05) is 45.8 Å². The van der Waals surface area contributed by atoms with Gasteiger partial charge in [0.05, 0.1) is 23.9 Å². The maximum atomic E-state index is 5.46. The Balaban J connectivity index is 1.54. The minimum atomic E-state index is 0.652. The molecule has 1 saturated heterocycles. The second-order valence-corrected chi connectivity index (χ2v) is 7.98. The molecule has 1 aliphatic heterocycles. The summed E-state index contributed by atoms with van der Waals surface area (Å²) in [5.41, 5.74) is 1.21. The number of likely N-dealkylation sites (tertiary alicyclic amines) is 1. The highest BCUT2D eigenvalue weighted by molar-refractivity contribution is 7.09. The van der Waals surface area contributed by atoms with Crippen LogP contribution in [0, 0.1) is 12.8 Å². The van der Waals surface area contributed by atoms with Crippen LogP contribution in [0.5, 0.6) is 0 Å². The molecule has 0 aromatic carbocycles. The molecule has 0 spiro atoms. The van der Waals surface area contributed by atoms with Crippen molar-refractivity contribution in [3.8, 4) is 0 Å². The monoisotopic (exact) mass is 397 g/mol. The first-order chi connectivity index (χ1) is 13.2. The van der Waals surface area contributed by atoms with Crippen molar-refractivity contribution in [1.29, 1.82) is 0 Å². The molecule has 0 unspecified atom stereocenters. The zero-order valence-electron chi connectivity index (χ0n) is 17.0. The third-order valence-corrected chi connectivity index (χ3v) is 5.55. The summed E-state index contributed by atoms with van der Waals surface area (Å²) in [4.78, 5) is 11.4. The second kappa shape index (κ2) is 13.0. The van der Waals surface area contributed by atoms with Gasteiger partial charge in [0.1, 0.15) is 0 Å². The number of piperidine rings is 1. The molecule has 1 aromatic rings. The fraction of sp³-hybridized carbons (Fsp3) is 0.789. The van der Waals surface area contributed by atoms with Gasteiger partial charge in [-0.15, -0.1) is 11.3 Å². The molecule has 0 amide bonds. The van der Waals surface area contributed by atoms with Gasteiger partial charge in [-0.2, -0.15) is 0 Å². The maximum absolute atomic E-state index is 5.46. The fourth-order valence-corrected chi connectivity index (χ4v) is 3.75. The highest BCUT2D eigenvalue weighted by atomic mass is 32.1. The fourth-order valence-electron chi connectivity index (χ4n) is 3.15. The molecule has 154 valence electrons. The highest BCUT2D eigenvalue weighted by Gasteiger charge is 2.20. The molecule has 0 bridgehead atoms. The Bertz CT molecular complexity index is 544. The molecule has 2 N–H and O–H groups in total. The Labute approximate surface area is 167 Å². The van der Waals surface area contributed by atoms with Crippen LogP contribution in [0.2, 0.25) is 0 Å². The first-order valence-electron chi connectivity index (χ1n) is 9.85. The van der Waals surface area contributed by atoms with E-state index in [1.165, 1.54) is 18.5 Å². The molecule has 2 heterocycles. The first kappa shape index (κ1) is 22.1. The van der Waals surface area contributed by atoms with Gasteiger partial charge >= 0.3 is 0 Å². The maximum Gasteiger partial charge on any atom is 0.190 e. The van der Waals surface area contributed by atoms with Gasteiger partial charge in [-0.1, -0.05) is 0 Å². The number of hydrogen-bond acceptors (Lipinski definition) is 6. The average molecular weight is 398 g/mol. The molecular formula is C19H35N5O2S. The standard InChI is InChI=1S/C19H35N5O2S/c1-16-23-18(15-27-16)14-24-8-5-17(6-9-24)13-22-19(20-2)21-7-4-10-26-12-11-25-3/h15,17H,4-14H2,1-3H3,(H2,20,21,22). The summed E-state index contributed by atoms with van der Waals surface area (Å²) in [6.07, 6.45) is 3.40. The molecule has 0 radical (unpaired) electrons. The number of aryl methyl sites for hydroxylation is 1. The van der Waals surface area contributed by atoms with Gasteiger partial charge in [-0.25, -0.2) is 4.98 Å². The molecule has 1 aliphatic rings. The van der Waals surface area contributed by atoms with Crippen LogP contribution in [0.25, 0.3) is 0 Å². The van der Waals surface area contributed by atoms with Crippen LogP contribution in [0.4, 0.5) is 0 Å². The van der Waals surface area contributed by atoms with E-state index in [1.54, 1.807) is 18.4 Å². The van der Waals surface area contributed by atoms with Gasteiger partial charge in [0.25, 0.3) is 0 Å². The molecular weight excluding hydrogens is 362 g/mol. The van der Waals surface area contributed by atoms with E-state index in [2.05, 4.69) is 37.8 Å². The number of nitrogens with one attached hydrogen (secondary N) is 2. The Kier molecular flexibility index (Phi) is 10.7. The van der Waals surface area contributed by atoms with Crippen LogP contribution < -0.4 is 10.6 Å². The predicted octanol–water partition coefficient (Wildman–Crippen LogP) is 1.88. The van der Waals surface area contributed by atoms with Crippen LogP contribution >= 0.6 is 11.3 Å². The third kappa shape index (κ3) is 9.01. The van der Waals surface area contributed by atoms with E-state index in [9.17, 15) is 0 Å². The number of aliphatic imine (C=N–C) groups is 1. The van der Waals surface area contributed by atoms with Crippen molar-refractivity contribution >= 4 is 17.3 Å². The van der Waals surface area contributed by atoms with E-state index < -0.39 is 0 Å². The Hall–Kier alpha value is -1.22. The lowest BCUT2D eigenvalue weighted by molar-refractivity contribution is 0.0698. The van der Waals surface area contributed by atoms with Gasteiger partial charge in [-0.05, 0) is 45.2 Å². The van der Waals surface area contributed by atoms with E-state index in [0.29, 0.717) is 19.1 Å². The van der Waals surface area contributed by atoms with Crippen LogP contribution in [0.15, 0.2) is 10.4 Å². The van der Waals surface area contributed by atoms with Crippen molar-refractivity contribution in [3.05, 3.63) is 16.1 Å². The van der Waals surface area contributed by atoms with Crippen LogP contribution in [-0.4, -0.2) is 76.0 Å². The Morgan fingerprint density at radius 2 is 2.11 bits per heavy atom.